The van der Waals surface area contributed by atoms with E-state index in [-0.39, 0.29) is 22.3 Å². The number of anilines is 1. The molecule has 2 N–H and O–H groups in total. The molecular weight excluding hydrogens is 302 g/mol. The second-order valence-corrected chi connectivity index (χ2v) is 7.18. The summed E-state index contributed by atoms with van der Waals surface area (Å²) in [6, 6.07) is 4.47. The van der Waals surface area contributed by atoms with Gasteiger partial charge in [0, 0.05) is 11.9 Å². The van der Waals surface area contributed by atoms with Crippen molar-refractivity contribution in [2.45, 2.75) is 11.8 Å². The van der Waals surface area contributed by atoms with Gasteiger partial charge in [0.15, 0.2) is 9.84 Å². The summed E-state index contributed by atoms with van der Waals surface area (Å²) in [7, 11) is -3.34. The molecule has 20 heavy (non-hydrogen) atoms. The van der Waals surface area contributed by atoms with Crippen molar-refractivity contribution in [1.82, 2.24) is 0 Å². The summed E-state index contributed by atoms with van der Waals surface area (Å²) in [6.45, 7) is 1.74. The minimum Gasteiger partial charge on any atom is -0.481 e. The number of carboxylic acid groups (broad SMARTS) is 1. The van der Waals surface area contributed by atoms with E-state index in [2.05, 4.69) is 5.32 Å². The monoisotopic (exact) mass is 317 g/mol. The third kappa shape index (κ3) is 5.22. The molecule has 8 heteroatoms. The van der Waals surface area contributed by atoms with Crippen LogP contribution in [0.5, 0.6) is 0 Å². The average Bonchev–Trinajstić information content (AvgIpc) is 2.30. The first-order valence-corrected chi connectivity index (χ1v) is 8.65. The quantitative estimate of drug-likeness (QED) is 0.816. The van der Waals surface area contributed by atoms with Crippen molar-refractivity contribution in [1.29, 1.82) is 0 Å². The maximum Gasteiger partial charge on any atom is 0.313 e. The van der Waals surface area contributed by atoms with E-state index >= 15 is 0 Å². The normalized spacial score (nSPS) is 11.1. The number of sulfone groups is 1. The second kappa shape index (κ2) is 6.76. The lowest BCUT2D eigenvalue weighted by Crippen LogP contribution is -2.16. The van der Waals surface area contributed by atoms with E-state index < -0.39 is 15.8 Å². The van der Waals surface area contributed by atoms with Crippen LogP contribution in [0.15, 0.2) is 23.1 Å². The molecular formula is C12H15NO5S2. The molecule has 0 radical (unpaired) electrons. The SMILES string of the molecule is Cc1ccc(S(C)(=O)=O)cc1NC(=O)CSCC(=O)O. The smallest absolute Gasteiger partial charge is 0.313 e. The molecule has 0 bridgehead atoms. The van der Waals surface area contributed by atoms with Gasteiger partial charge in [-0.15, -0.1) is 11.8 Å². The molecule has 1 aromatic rings. The van der Waals surface area contributed by atoms with Crippen LogP contribution in [0.2, 0.25) is 0 Å². The Morgan fingerprint density at radius 3 is 2.50 bits per heavy atom. The first kappa shape index (κ1) is 16.5. The Kier molecular flexibility index (Phi) is 5.58. The van der Waals surface area contributed by atoms with Crippen LogP contribution >= 0.6 is 11.8 Å². The Morgan fingerprint density at radius 2 is 1.95 bits per heavy atom. The van der Waals surface area contributed by atoms with Gasteiger partial charge in [-0.2, -0.15) is 0 Å². The van der Waals surface area contributed by atoms with Crippen molar-refractivity contribution < 1.29 is 23.1 Å². The molecule has 110 valence electrons. The lowest BCUT2D eigenvalue weighted by molar-refractivity contribution is -0.133. The molecule has 0 atom stereocenters. The molecule has 0 saturated heterocycles. The highest BCUT2D eigenvalue weighted by atomic mass is 32.2. The molecule has 0 aliphatic rings. The summed E-state index contributed by atoms with van der Waals surface area (Å²) in [4.78, 5) is 22.1. The van der Waals surface area contributed by atoms with Crippen LogP contribution in [0.1, 0.15) is 5.56 Å². The first-order valence-electron chi connectivity index (χ1n) is 5.60. The largest absolute Gasteiger partial charge is 0.481 e. The van der Waals surface area contributed by atoms with Crippen molar-refractivity contribution in [2.75, 3.05) is 23.1 Å². The van der Waals surface area contributed by atoms with Crippen molar-refractivity contribution >= 4 is 39.2 Å². The van der Waals surface area contributed by atoms with Gasteiger partial charge in [0.05, 0.1) is 16.4 Å². The maximum absolute atomic E-state index is 11.6. The Hall–Kier alpha value is -1.54. The molecule has 0 unspecified atom stereocenters. The van der Waals surface area contributed by atoms with Crippen molar-refractivity contribution in [3.05, 3.63) is 23.8 Å². The highest BCUT2D eigenvalue weighted by Crippen LogP contribution is 2.20. The summed E-state index contributed by atoms with van der Waals surface area (Å²) in [5, 5.41) is 11.0. The number of amides is 1. The topological polar surface area (TPSA) is 101 Å². The maximum atomic E-state index is 11.6. The minimum atomic E-state index is -3.34. The van der Waals surface area contributed by atoms with Gasteiger partial charge in [-0.1, -0.05) is 6.07 Å². The van der Waals surface area contributed by atoms with Crippen molar-refractivity contribution in [3.8, 4) is 0 Å². The fourth-order valence-corrected chi connectivity index (χ4v) is 2.57. The number of hydrogen-bond donors (Lipinski definition) is 2. The third-order valence-corrected chi connectivity index (χ3v) is 4.40. The molecule has 1 aromatic carbocycles. The van der Waals surface area contributed by atoms with Gasteiger partial charge >= 0.3 is 5.97 Å². The second-order valence-electron chi connectivity index (χ2n) is 4.18. The predicted octanol–water partition coefficient (Wildman–Crippen LogP) is 1.15. The molecule has 1 rings (SSSR count). The zero-order valence-corrected chi connectivity index (χ0v) is 12.7. The van der Waals surface area contributed by atoms with E-state index in [1.807, 2.05) is 0 Å². The zero-order chi connectivity index (χ0) is 15.3. The van der Waals surface area contributed by atoms with Crippen LogP contribution in [-0.4, -0.2) is 43.2 Å². The van der Waals surface area contributed by atoms with Crippen LogP contribution in [0, 0.1) is 6.92 Å². The summed E-state index contributed by atoms with van der Waals surface area (Å²) in [6.07, 6.45) is 1.09. The lowest BCUT2D eigenvalue weighted by Gasteiger charge is -2.09. The number of carbonyl (C=O) groups excluding carboxylic acids is 1. The number of thioether (sulfide) groups is 1. The van der Waals surface area contributed by atoms with Gasteiger partial charge in [-0.25, -0.2) is 8.42 Å². The summed E-state index contributed by atoms with van der Waals surface area (Å²) < 4.78 is 22.9. The number of carboxylic acids is 1. The predicted molar refractivity (Wildman–Crippen MR) is 77.9 cm³/mol. The molecule has 0 aliphatic carbocycles. The third-order valence-electron chi connectivity index (χ3n) is 2.37. The zero-order valence-electron chi connectivity index (χ0n) is 11.0. The van der Waals surface area contributed by atoms with Gasteiger partial charge in [0.25, 0.3) is 0 Å². The fraction of sp³-hybridized carbons (Fsp3) is 0.333. The first-order chi connectivity index (χ1) is 9.20. The van der Waals surface area contributed by atoms with Crippen LogP contribution in [0.4, 0.5) is 5.69 Å². The van der Waals surface area contributed by atoms with Gasteiger partial charge in [-0.05, 0) is 24.6 Å². The summed E-state index contributed by atoms with van der Waals surface area (Å²) >= 11 is 0.974. The Morgan fingerprint density at radius 1 is 1.30 bits per heavy atom. The summed E-state index contributed by atoms with van der Waals surface area (Å²) in [5.41, 5.74) is 1.14. The van der Waals surface area contributed by atoms with Gasteiger partial charge in [0.1, 0.15) is 0 Å². The van der Waals surface area contributed by atoms with E-state index in [4.69, 9.17) is 5.11 Å². The number of carbonyl (C=O) groups is 2. The average molecular weight is 317 g/mol. The molecule has 0 aromatic heterocycles. The Balaban J connectivity index is 2.77. The van der Waals surface area contributed by atoms with Crippen molar-refractivity contribution in [3.63, 3.8) is 0 Å². The van der Waals surface area contributed by atoms with Gasteiger partial charge in [0.2, 0.25) is 5.91 Å². The summed E-state index contributed by atoms with van der Waals surface area (Å²) in [5.74, 6) is -1.52. The molecule has 0 heterocycles. The highest BCUT2D eigenvalue weighted by Gasteiger charge is 2.11. The van der Waals surface area contributed by atoms with Gasteiger partial charge < -0.3 is 10.4 Å². The Labute approximate surface area is 121 Å². The van der Waals surface area contributed by atoms with E-state index in [0.717, 1.165) is 23.6 Å². The van der Waals surface area contributed by atoms with E-state index in [0.29, 0.717) is 5.69 Å². The van der Waals surface area contributed by atoms with E-state index in [9.17, 15) is 18.0 Å². The number of benzene rings is 1. The van der Waals surface area contributed by atoms with Crippen LogP contribution in [0.3, 0.4) is 0 Å². The molecule has 0 saturated carbocycles. The fourth-order valence-electron chi connectivity index (χ4n) is 1.38. The minimum absolute atomic E-state index is 0.00512. The van der Waals surface area contributed by atoms with Crippen LogP contribution in [-0.2, 0) is 19.4 Å². The van der Waals surface area contributed by atoms with Crippen LogP contribution < -0.4 is 5.32 Å². The number of nitrogens with one attached hydrogen (secondary N) is 1. The lowest BCUT2D eigenvalue weighted by atomic mass is 10.2. The number of hydrogen-bond acceptors (Lipinski definition) is 5. The molecule has 0 spiro atoms. The van der Waals surface area contributed by atoms with Crippen molar-refractivity contribution in [2.24, 2.45) is 0 Å². The van der Waals surface area contributed by atoms with Gasteiger partial charge in [-0.3, -0.25) is 9.59 Å². The highest BCUT2D eigenvalue weighted by molar-refractivity contribution is 8.00. The number of aryl methyl sites for hydroxylation is 1. The number of rotatable bonds is 6. The molecule has 0 fully saturated rings. The molecule has 1 amide bonds. The van der Waals surface area contributed by atoms with E-state index in [1.54, 1.807) is 13.0 Å². The standard InChI is InChI=1S/C12H15NO5S2/c1-8-3-4-9(20(2,17)18)5-10(8)13-11(14)6-19-7-12(15)16/h3-5H,6-7H2,1-2H3,(H,13,14)(H,15,16). The van der Waals surface area contributed by atoms with E-state index in [1.165, 1.54) is 12.1 Å². The molecule has 0 aliphatic heterocycles. The van der Waals surface area contributed by atoms with Crippen LogP contribution in [0.25, 0.3) is 0 Å². The molecule has 6 nitrogen and oxygen atoms in total. The number of aliphatic carboxylic acids is 1. The Bertz CT molecular complexity index is 625.